The number of nitrogens with zero attached hydrogens (tertiary/aromatic N) is 1. The van der Waals surface area contributed by atoms with Crippen molar-refractivity contribution in [3.63, 3.8) is 0 Å². The Labute approximate surface area is 137 Å². The molecule has 21 heavy (non-hydrogen) atoms. The average molecular weight is 366 g/mol. The van der Waals surface area contributed by atoms with Crippen molar-refractivity contribution in [2.75, 3.05) is 12.4 Å². The second-order valence-corrected chi connectivity index (χ2v) is 5.90. The van der Waals surface area contributed by atoms with E-state index in [1.54, 1.807) is 7.11 Å². The lowest BCUT2D eigenvalue weighted by Gasteiger charge is -2.15. The van der Waals surface area contributed by atoms with Gasteiger partial charge in [0.15, 0.2) is 0 Å². The molecule has 1 heterocycles. The first-order chi connectivity index (χ1) is 9.92. The van der Waals surface area contributed by atoms with Crippen LogP contribution >= 0.6 is 28.1 Å². The molecule has 0 aliphatic rings. The summed E-state index contributed by atoms with van der Waals surface area (Å²) in [6.07, 6.45) is 0. The molecule has 0 bridgehead atoms. The Morgan fingerprint density at radius 3 is 2.62 bits per heavy atom. The quantitative estimate of drug-likeness (QED) is 0.805. The highest BCUT2D eigenvalue weighted by Crippen LogP contribution is 2.30. The summed E-state index contributed by atoms with van der Waals surface area (Å²) in [5.41, 5.74) is 10.1. The van der Waals surface area contributed by atoms with Crippen LogP contribution in [0.3, 0.4) is 0 Å². The summed E-state index contributed by atoms with van der Waals surface area (Å²) in [7, 11) is 1.63. The highest BCUT2D eigenvalue weighted by atomic mass is 79.9. The number of aryl methyl sites for hydroxylation is 2. The SMILES string of the molecule is COc1ccc(Nc2cc(C)nc(C)c2C(N)=S)cc1Br. The van der Waals surface area contributed by atoms with E-state index in [1.807, 2.05) is 38.1 Å². The van der Waals surface area contributed by atoms with Crippen molar-refractivity contribution >= 4 is 44.5 Å². The Hall–Kier alpha value is -1.66. The van der Waals surface area contributed by atoms with Crippen LogP contribution in [0.5, 0.6) is 5.75 Å². The maximum absolute atomic E-state index is 5.82. The molecular weight excluding hydrogens is 350 g/mol. The topological polar surface area (TPSA) is 60.2 Å². The Kier molecular flexibility index (Phi) is 4.80. The lowest BCUT2D eigenvalue weighted by molar-refractivity contribution is 0.412. The van der Waals surface area contributed by atoms with Gasteiger partial charge in [-0.15, -0.1) is 0 Å². The van der Waals surface area contributed by atoms with Gasteiger partial charge in [0.1, 0.15) is 10.7 Å². The third kappa shape index (κ3) is 3.51. The van der Waals surface area contributed by atoms with Crippen LogP contribution < -0.4 is 15.8 Å². The molecule has 0 spiro atoms. The summed E-state index contributed by atoms with van der Waals surface area (Å²) in [5.74, 6) is 0.775. The van der Waals surface area contributed by atoms with Gasteiger partial charge in [-0.25, -0.2) is 0 Å². The number of nitrogens with one attached hydrogen (secondary N) is 1. The third-order valence-electron chi connectivity index (χ3n) is 3.01. The van der Waals surface area contributed by atoms with Gasteiger partial charge < -0.3 is 15.8 Å². The highest BCUT2D eigenvalue weighted by Gasteiger charge is 2.12. The Balaban J connectivity index is 2.44. The molecule has 2 rings (SSSR count). The van der Waals surface area contributed by atoms with Gasteiger partial charge in [0.05, 0.1) is 22.8 Å². The van der Waals surface area contributed by atoms with Crippen molar-refractivity contribution in [3.8, 4) is 5.75 Å². The van der Waals surface area contributed by atoms with Crippen LogP contribution in [-0.4, -0.2) is 17.1 Å². The fraction of sp³-hybridized carbons (Fsp3) is 0.200. The zero-order valence-electron chi connectivity index (χ0n) is 12.0. The first kappa shape index (κ1) is 15.7. The molecule has 0 fully saturated rings. The highest BCUT2D eigenvalue weighted by molar-refractivity contribution is 9.10. The number of anilines is 2. The van der Waals surface area contributed by atoms with E-state index in [4.69, 9.17) is 22.7 Å². The van der Waals surface area contributed by atoms with Crippen LogP contribution in [0.1, 0.15) is 17.0 Å². The van der Waals surface area contributed by atoms with E-state index in [0.29, 0.717) is 4.99 Å². The largest absolute Gasteiger partial charge is 0.496 e. The first-order valence-corrected chi connectivity index (χ1v) is 7.51. The fourth-order valence-corrected chi connectivity index (χ4v) is 2.94. The van der Waals surface area contributed by atoms with Crippen LogP contribution in [0.2, 0.25) is 0 Å². The van der Waals surface area contributed by atoms with E-state index in [0.717, 1.165) is 38.5 Å². The number of hydrogen-bond donors (Lipinski definition) is 2. The molecule has 3 N–H and O–H groups in total. The molecule has 4 nitrogen and oxygen atoms in total. The maximum atomic E-state index is 5.82. The van der Waals surface area contributed by atoms with Gasteiger partial charge in [0, 0.05) is 17.1 Å². The van der Waals surface area contributed by atoms with Gasteiger partial charge in [0.25, 0.3) is 0 Å². The van der Waals surface area contributed by atoms with Crippen molar-refractivity contribution in [2.24, 2.45) is 5.73 Å². The molecule has 0 radical (unpaired) electrons. The molecule has 6 heteroatoms. The number of thiocarbonyl (C=S) groups is 1. The summed E-state index contributed by atoms with van der Waals surface area (Å²) in [4.78, 5) is 4.73. The van der Waals surface area contributed by atoms with Crippen LogP contribution in [-0.2, 0) is 0 Å². The Morgan fingerprint density at radius 2 is 2.05 bits per heavy atom. The van der Waals surface area contributed by atoms with Crippen molar-refractivity contribution in [1.82, 2.24) is 4.98 Å². The van der Waals surface area contributed by atoms with Crippen molar-refractivity contribution < 1.29 is 4.74 Å². The Morgan fingerprint density at radius 1 is 1.33 bits per heavy atom. The van der Waals surface area contributed by atoms with Crippen molar-refractivity contribution in [3.05, 3.63) is 45.7 Å². The molecule has 2 aromatic rings. The number of benzene rings is 1. The molecule has 0 saturated heterocycles. The number of pyridine rings is 1. The number of nitrogens with two attached hydrogens (primary N) is 1. The van der Waals surface area contributed by atoms with Gasteiger partial charge in [-0.05, 0) is 54.0 Å². The Bertz CT molecular complexity index is 704. The average Bonchev–Trinajstić information content (AvgIpc) is 2.37. The molecule has 0 saturated carbocycles. The lowest BCUT2D eigenvalue weighted by atomic mass is 10.1. The van der Waals surface area contributed by atoms with E-state index in [9.17, 15) is 0 Å². The van der Waals surface area contributed by atoms with Crippen molar-refractivity contribution in [1.29, 1.82) is 0 Å². The smallest absolute Gasteiger partial charge is 0.133 e. The minimum atomic E-state index is 0.329. The summed E-state index contributed by atoms with van der Waals surface area (Å²) in [6, 6.07) is 7.68. The number of halogens is 1. The molecule has 1 aromatic carbocycles. The van der Waals surface area contributed by atoms with Gasteiger partial charge in [0.2, 0.25) is 0 Å². The van der Waals surface area contributed by atoms with Crippen LogP contribution in [0.4, 0.5) is 11.4 Å². The number of methoxy groups -OCH3 is 1. The van der Waals surface area contributed by atoms with Crippen LogP contribution in [0.25, 0.3) is 0 Å². The number of ether oxygens (including phenoxy) is 1. The maximum Gasteiger partial charge on any atom is 0.133 e. The van der Waals surface area contributed by atoms with E-state index in [-0.39, 0.29) is 0 Å². The minimum Gasteiger partial charge on any atom is -0.496 e. The predicted molar refractivity (Wildman–Crippen MR) is 93.6 cm³/mol. The molecule has 0 atom stereocenters. The van der Waals surface area contributed by atoms with Crippen LogP contribution in [0, 0.1) is 13.8 Å². The number of rotatable bonds is 4. The van der Waals surface area contributed by atoms with Crippen molar-refractivity contribution in [2.45, 2.75) is 13.8 Å². The third-order valence-corrected chi connectivity index (χ3v) is 3.83. The lowest BCUT2D eigenvalue weighted by Crippen LogP contribution is -2.15. The van der Waals surface area contributed by atoms with Gasteiger partial charge in [-0.3, -0.25) is 4.98 Å². The summed E-state index contributed by atoms with van der Waals surface area (Å²) < 4.78 is 6.09. The molecule has 0 aliphatic carbocycles. The number of hydrogen-bond acceptors (Lipinski definition) is 4. The summed E-state index contributed by atoms with van der Waals surface area (Å²) >= 11 is 8.60. The zero-order valence-corrected chi connectivity index (χ0v) is 14.4. The minimum absolute atomic E-state index is 0.329. The van der Waals surface area contributed by atoms with E-state index in [2.05, 4.69) is 26.2 Å². The molecule has 0 amide bonds. The first-order valence-electron chi connectivity index (χ1n) is 6.31. The molecule has 110 valence electrons. The van der Waals surface area contributed by atoms with Gasteiger partial charge in [-0.2, -0.15) is 0 Å². The second-order valence-electron chi connectivity index (χ2n) is 4.61. The number of aromatic nitrogens is 1. The van der Waals surface area contributed by atoms with E-state index in [1.165, 1.54) is 0 Å². The predicted octanol–water partition coefficient (Wildman–Crippen LogP) is 3.85. The zero-order chi connectivity index (χ0) is 15.6. The van der Waals surface area contributed by atoms with E-state index < -0.39 is 0 Å². The summed E-state index contributed by atoms with van der Waals surface area (Å²) in [5, 5.41) is 3.33. The second kappa shape index (κ2) is 6.41. The van der Waals surface area contributed by atoms with Gasteiger partial charge >= 0.3 is 0 Å². The molecular formula is C15H16BrN3OS. The summed E-state index contributed by atoms with van der Waals surface area (Å²) in [6.45, 7) is 3.84. The fourth-order valence-electron chi connectivity index (χ4n) is 2.14. The van der Waals surface area contributed by atoms with Gasteiger partial charge in [-0.1, -0.05) is 12.2 Å². The normalized spacial score (nSPS) is 10.3. The van der Waals surface area contributed by atoms with Crippen LogP contribution in [0.15, 0.2) is 28.7 Å². The van der Waals surface area contributed by atoms with E-state index >= 15 is 0 Å². The monoisotopic (exact) mass is 365 g/mol. The molecule has 0 aliphatic heterocycles. The molecule has 0 unspecified atom stereocenters. The standard InChI is InChI=1S/C15H16BrN3OS/c1-8-6-12(14(15(17)21)9(2)18-8)19-10-4-5-13(20-3)11(16)7-10/h4-7H,1-3H3,(H2,17,21)(H,18,19). The molecule has 1 aromatic heterocycles.